The van der Waals surface area contributed by atoms with Crippen LogP contribution < -0.4 is 0 Å². The summed E-state index contributed by atoms with van der Waals surface area (Å²) in [6.07, 6.45) is 17.5. The van der Waals surface area contributed by atoms with E-state index in [0.29, 0.717) is 13.0 Å². The van der Waals surface area contributed by atoms with Crippen LogP contribution in [0.25, 0.3) is 0 Å². The maximum atomic E-state index is 9.62. The van der Waals surface area contributed by atoms with E-state index in [1.165, 1.54) is 83.5 Å². The SMILES string of the molecule is CCCCCCCCCCCCCCCCOC[C@@H]1OC(O)C[C@@H]1O. The molecule has 0 spiro atoms. The molecule has 150 valence electrons. The minimum atomic E-state index is -0.829. The van der Waals surface area contributed by atoms with Crippen LogP contribution >= 0.6 is 0 Å². The molecule has 3 atom stereocenters. The molecule has 1 aliphatic heterocycles. The Bertz CT molecular complexity index is 285. The van der Waals surface area contributed by atoms with Gasteiger partial charge in [-0.05, 0) is 6.42 Å². The summed E-state index contributed by atoms with van der Waals surface area (Å²) >= 11 is 0. The van der Waals surface area contributed by atoms with Gasteiger partial charge in [0.2, 0.25) is 0 Å². The van der Waals surface area contributed by atoms with E-state index in [-0.39, 0.29) is 6.10 Å². The molecule has 0 aromatic heterocycles. The van der Waals surface area contributed by atoms with E-state index in [4.69, 9.17) is 9.47 Å². The van der Waals surface area contributed by atoms with Crippen molar-refractivity contribution in [1.29, 1.82) is 0 Å². The smallest absolute Gasteiger partial charge is 0.157 e. The molecule has 4 heteroatoms. The van der Waals surface area contributed by atoms with Crippen LogP contribution in [-0.2, 0) is 9.47 Å². The Morgan fingerprint density at radius 3 is 1.68 bits per heavy atom. The van der Waals surface area contributed by atoms with E-state index in [1.54, 1.807) is 0 Å². The fourth-order valence-corrected chi connectivity index (χ4v) is 3.45. The summed E-state index contributed by atoms with van der Waals surface area (Å²) in [5.74, 6) is 0. The van der Waals surface area contributed by atoms with Gasteiger partial charge in [0.25, 0.3) is 0 Å². The second-order valence-corrected chi connectivity index (χ2v) is 7.60. The van der Waals surface area contributed by atoms with Crippen LogP contribution in [0, 0.1) is 0 Å². The highest BCUT2D eigenvalue weighted by atomic mass is 16.6. The molecule has 0 bridgehead atoms. The van der Waals surface area contributed by atoms with E-state index < -0.39 is 12.4 Å². The number of rotatable bonds is 17. The van der Waals surface area contributed by atoms with Gasteiger partial charge in [0, 0.05) is 13.0 Å². The van der Waals surface area contributed by atoms with Gasteiger partial charge in [0.05, 0.1) is 12.7 Å². The molecule has 1 heterocycles. The van der Waals surface area contributed by atoms with E-state index in [9.17, 15) is 10.2 Å². The van der Waals surface area contributed by atoms with Crippen LogP contribution in [0.15, 0.2) is 0 Å². The number of hydrogen-bond acceptors (Lipinski definition) is 4. The standard InChI is InChI=1S/C21H42O4/c1-2-3-4-5-6-7-8-9-10-11-12-13-14-15-16-24-18-20-19(22)17-21(23)25-20/h19-23H,2-18H2,1H3/t19-,20-,21?/m0/s1. The van der Waals surface area contributed by atoms with E-state index in [0.717, 1.165) is 13.0 Å². The van der Waals surface area contributed by atoms with Crippen molar-refractivity contribution in [3.63, 3.8) is 0 Å². The highest BCUT2D eigenvalue weighted by Gasteiger charge is 2.32. The van der Waals surface area contributed by atoms with Crippen LogP contribution in [0.4, 0.5) is 0 Å². The molecule has 25 heavy (non-hydrogen) atoms. The van der Waals surface area contributed by atoms with Crippen LogP contribution in [-0.4, -0.2) is 41.9 Å². The Labute approximate surface area is 155 Å². The van der Waals surface area contributed by atoms with Gasteiger partial charge in [-0.1, -0.05) is 90.4 Å². The van der Waals surface area contributed by atoms with Crippen molar-refractivity contribution in [3.05, 3.63) is 0 Å². The van der Waals surface area contributed by atoms with Crippen molar-refractivity contribution < 1.29 is 19.7 Å². The first-order valence-electron chi connectivity index (χ1n) is 10.8. The molecule has 0 aromatic carbocycles. The van der Waals surface area contributed by atoms with Crippen molar-refractivity contribution in [2.75, 3.05) is 13.2 Å². The number of hydrogen-bond donors (Lipinski definition) is 2. The normalized spacial score (nSPS) is 23.4. The summed E-state index contributed by atoms with van der Waals surface area (Å²) < 4.78 is 10.7. The molecule has 0 aliphatic carbocycles. The topological polar surface area (TPSA) is 58.9 Å². The Morgan fingerprint density at radius 2 is 1.24 bits per heavy atom. The van der Waals surface area contributed by atoms with Gasteiger partial charge >= 0.3 is 0 Å². The lowest BCUT2D eigenvalue weighted by Crippen LogP contribution is -2.26. The van der Waals surface area contributed by atoms with Crippen LogP contribution in [0.3, 0.4) is 0 Å². The summed E-state index contributed by atoms with van der Waals surface area (Å²) in [7, 11) is 0. The molecule has 0 aromatic rings. The maximum Gasteiger partial charge on any atom is 0.157 e. The Balaban J connectivity index is 1.71. The zero-order valence-electron chi connectivity index (χ0n) is 16.5. The molecule has 0 radical (unpaired) electrons. The third kappa shape index (κ3) is 12.8. The van der Waals surface area contributed by atoms with Crippen LogP contribution in [0.2, 0.25) is 0 Å². The van der Waals surface area contributed by atoms with E-state index in [2.05, 4.69) is 6.92 Å². The van der Waals surface area contributed by atoms with Crippen molar-refractivity contribution in [1.82, 2.24) is 0 Å². The van der Waals surface area contributed by atoms with Crippen molar-refractivity contribution in [2.24, 2.45) is 0 Å². The number of ether oxygens (including phenoxy) is 2. The quantitative estimate of drug-likeness (QED) is 0.361. The molecule has 1 fully saturated rings. The molecule has 1 aliphatic rings. The van der Waals surface area contributed by atoms with Gasteiger partial charge in [-0.15, -0.1) is 0 Å². The van der Waals surface area contributed by atoms with Gasteiger partial charge in [0.15, 0.2) is 6.29 Å². The first-order chi connectivity index (χ1) is 12.2. The zero-order valence-corrected chi connectivity index (χ0v) is 16.5. The van der Waals surface area contributed by atoms with Crippen molar-refractivity contribution >= 4 is 0 Å². The predicted octanol–water partition coefficient (Wildman–Crippen LogP) is 4.95. The molecular formula is C21H42O4. The molecular weight excluding hydrogens is 316 g/mol. The van der Waals surface area contributed by atoms with Gasteiger partial charge in [-0.2, -0.15) is 0 Å². The lowest BCUT2D eigenvalue weighted by Gasteiger charge is -2.13. The summed E-state index contributed by atoms with van der Waals surface area (Å²) in [4.78, 5) is 0. The zero-order chi connectivity index (χ0) is 18.2. The van der Waals surface area contributed by atoms with Gasteiger partial charge in [0.1, 0.15) is 6.10 Å². The molecule has 1 rings (SSSR count). The second kappa shape index (κ2) is 16.0. The molecule has 0 amide bonds. The largest absolute Gasteiger partial charge is 0.390 e. The number of aliphatic hydroxyl groups is 2. The monoisotopic (exact) mass is 358 g/mol. The van der Waals surface area contributed by atoms with Gasteiger partial charge < -0.3 is 19.7 Å². The van der Waals surface area contributed by atoms with E-state index >= 15 is 0 Å². The Kier molecular flexibility index (Phi) is 14.7. The van der Waals surface area contributed by atoms with Crippen LogP contribution in [0.1, 0.15) is 103 Å². The average Bonchev–Trinajstić information content (AvgIpc) is 2.92. The fourth-order valence-electron chi connectivity index (χ4n) is 3.45. The van der Waals surface area contributed by atoms with Crippen molar-refractivity contribution in [3.8, 4) is 0 Å². The lowest BCUT2D eigenvalue weighted by atomic mass is 10.0. The average molecular weight is 359 g/mol. The van der Waals surface area contributed by atoms with E-state index in [1.807, 2.05) is 0 Å². The summed E-state index contributed by atoms with van der Waals surface area (Å²) in [5.41, 5.74) is 0. The van der Waals surface area contributed by atoms with Crippen molar-refractivity contribution in [2.45, 2.75) is 122 Å². The summed E-state index contributed by atoms with van der Waals surface area (Å²) in [6, 6.07) is 0. The molecule has 0 saturated carbocycles. The molecule has 1 saturated heterocycles. The van der Waals surface area contributed by atoms with Crippen LogP contribution in [0.5, 0.6) is 0 Å². The first-order valence-corrected chi connectivity index (χ1v) is 10.8. The Morgan fingerprint density at radius 1 is 0.760 bits per heavy atom. The summed E-state index contributed by atoms with van der Waals surface area (Å²) in [5, 5.41) is 18.9. The minimum Gasteiger partial charge on any atom is -0.390 e. The third-order valence-corrected chi connectivity index (χ3v) is 5.13. The number of aliphatic hydroxyl groups excluding tert-OH is 2. The lowest BCUT2D eigenvalue weighted by molar-refractivity contribution is -0.115. The summed E-state index contributed by atoms with van der Waals surface area (Å²) in [6.45, 7) is 3.38. The first kappa shape index (κ1) is 22.9. The second-order valence-electron chi connectivity index (χ2n) is 7.60. The van der Waals surface area contributed by atoms with Gasteiger partial charge in [-0.25, -0.2) is 0 Å². The fraction of sp³-hybridized carbons (Fsp3) is 1.00. The highest BCUT2D eigenvalue weighted by Crippen LogP contribution is 2.19. The number of unbranched alkanes of at least 4 members (excludes halogenated alkanes) is 13. The minimum absolute atomic E-state index is 0.298. The molecule has 1 unspecified atom stereocenters. The third-order valence-electron chi connectivity index (χ3n) is 5.13. The molecule has 4 nitrogen and oxygen atoms in total. The Hall–Kier alpha value is -0.160. The maximum absolute atomic E-state index is 9.62. The highest BCUT2D eigenvalue weighted by molar-refractivity contribution is 4.76. The molecule has 2 N–H and O–H groups in total. The van der Waals surface area contributed by atoms with Gasteiger partial charge in [-0.3, -0.25) is 0 Å². The predicted molar refractivity (Wildman–Crippen MR) is 103 cm³/mol.